The molecule has 0 spiro atoms. The molecule has 0 saturated carbocycles. The van der Waals surface area contributed by atoms with Crippen LogP contribution in [0.2, 0.25) is 0 Å². The van der Waals surface area contributed by atoms with Crippen molar-refractivity contribution in [1.29, 1.82) is 0 Å². The van der Waals surface area contributed by atoms with Gasteiger partial charge in [0, 0.05) is 48.0 Å². The Morgan fingerprint density at radius 3 is 2.13 bits per heavy atom. The van der Waals surface area contributed by atoms with E-state index in [1.165, 1.54) is 0 Å². The first-order chi connectivity index (χ1) is 18.8. The van der Waals surface area contributed by atoms with Gasteiger partial charge in [-0.25, -0.2) is 0 Å². The van der Waals surface area contributed by atoms with Gasteiger partial charge in [0.25, 0.3) is 5.91 Å². The van der Waals surface area contributed by atoms with Gasteiger partial charge in [0.2, 0.25) is 6.41 Å². The van der Waals surface area contributed by atoms with Gasteiger partial charge in [-0.15, -0.1) is 0 Å². The average molecular weight is 538 g/mol. The molecule has 2 aromatic carbocycles. The number of nitrogens with zero attached hydrogens (tertiary/aromatic N) is 2. The van der Waals surface area contributed by atoms with E-state index in [0.29, 0.717) is 55.3 Å². The zero-order valence-corrected chi connectivity index (χ0v) is 23.7. The predicted octanol–water partition coefficient (Wildman–Crippen LogP) is 3.96. The molecule has 2 aliphatic heterocycles. The lowest BCUT2D eigenvalue weighted by molar-refractivity contribution is -0.117. The van der Waals surface area contributed by atoms with E-state index in [1.54, 1.807) is 51.5 Å². The molecule has 1 atom stereocenters. The number of allylic oxidation sites excluding steroid dienone is 1. The first-order valence-electron chi connectivity index (χ1n) is 13.3. The van der Waals surface area contributed by atoms with Crippen LogP contribution in [0.1, 0.15) is 54.1 Å². The SMILES string of the molecule is CCNC1(C2=C[C@H](C)c3c(cc(OC)cc3OC)CN2C=O)CCN(C(=O)c2cc(OC)cc(OC)c2)CC1. The van der Waals surface area contributed by atoms with Crippen LogP contribution in [0.25, 0.3) is 0 Å². The predicted molar refractivity (Wildman–Crippen MR) is 149 cm³/mol. The first-order valence-corrected chi connectivity index (χ1v) is 13.3. The highest BCUT2D eigenvalue weighted by atomic mass is 16.5. The number of piperidine rings is 1. The number of hydrogen-bond acceptors (Lipinski definition) is 7. The molecule has 2 aromatic rings. The van der Waals surface area contributed by atoms with Crippen LogP contribution in [-0.2, 0) is 11.3 Å². The Balaban J connectivity index is 1.64. The Labute approximate surface area is 230 Å². The van der Waals surface area contributed by atoms with Gasteiger partial charge in [-0.2, -0.15) is 0 Å². The highest BCUT2D eigenvalue weighted by Crippen LogP contribution is 2.42. The van der Waals surface area contributed by atoms with E-state index in [0.717, 1.165) is 35.5 Å². The first kappa shape index (κ1) is 28.3. The Hall–Kier alpha value is -3.72. The molecule has 9 nitrogen and oxygen atoms in total. The Morgan fingerprint density at radius 2 is 1.59 bits per heavy atom. The normalized spacial score (nSPS) is 18.4. The van der Waals surface area contributed by atoms with E-state index in [2.05, 4.69) is 25.2 Å². The lowest BCUT2D eigenvalue weighted by Crippen LogP contribution is -2.58. The molecule has 0 radical (unpaired) electrons. The summed E-state index contributed by atoms with van der Waals surface area (Å²) < 4.78 is 21.9. The van der Waals surface area contributed by atoms with E-state index in [4.69, 9.17) is 18.9 Å². The van der Waals surface area contributed by atoms with E-state index in [1.807, 2.05) is 17.0 Å². The fraction of sp³-hybridized carbons (Fsp3) is 0.467. The van der Waals surface area contributed by atoms with Crippen LogP contribution in [0.5, 0.6) is 23.0 Å². The van der Waals surface area contributed by atoms with E-state index in [9.17, 15) is 9.59 Å². The second-order valence-corrected chi connectivity index (χ2v) is 9.98. The summed E-state index contributed by atoms with van der Waals surface area (Å²) in [6.45, 7) is 6.39. The number of hydrogen-bond donors (Lipinski definition) is 1. The Morgan fingerprint density at radius 1 is 0.974 bits per heavy atom. The number of rotatable bonds is 9. The monoisotopic (exact) mass is 537 g/mol. The van der Waals surface area contributed by atoms with Crippen LogP contribution in [0.4, 0.5) is 0 Å². The van der Waals surface area contributed by atoms with Crippen LogP contribution in [0.3, 0.4) is 0 Å². The number of ether oxygens (including phenoxy) is 4. The quantitative estimate of drug-likeness (QED) is 0.484. The maximum atomic E-state index is 13.5. The smallest absolute Gasteiger partial charge is 0.254 e. The fourth-order valence-electron chi connectivity index (χ4n) is 5.87. The molecule has 210 valence electrons. The van der Waals surface area contributed by atoms with Gasteiger partial charge in [0.05, 0.1) is 40.5 Å². The van der Waals surface area contributed by atoms with Gasteiger partial charge in [0.15, 0.2) is 0 Å². The molecule has 2 amide bonds. The summed E-state index contributed by atoms with van der Waals surface area (Å²) in [6.07, 6.45) is 4.39. The van der Waals surface area contributed by atoms with Gasteiger partial charge in [-0.05, 0) is 43.1 Å². The van der Waals surface area contributed by atoms with Gasteiger partial charge in [0.1, 0.15) is 23.0 Å². The highest BCUT2D eigenvalue weighted by Gasteiger charge is 2.42. The number of methoxy groups -OCH3 is 4. The number of carbonyl (C=O) groups excluding carboxylic acids is 2. The van der Waals surface area contributed by atoms with Crippen molar-refractivity contribution in [2.45, 2.75) is 44.7 Å². The fourth-order valence-corrected chi connectivity index (χ4v) is 5.87. The summed E-state index contributed by atoms with van der Waals surface area (Å²) in [5.41, 5.74) is 3.02. The van der Waals surface area contributed by atoms with Crippen LogP contribution < -0.4 is 24.3 Å². The maximum Gasteiger partial charge on any atom is 0.254 e. The summed E-state index contributed by atoms with van der Waals surface area (Å²) in [6, 6.07) is 9.08. The number of benzene rings is 2. The highest BCUT2D eigenvalue weighted by molar-refractivity contribution is 5.95. The minimum atomic E-state index is -0.466. The second kappa shape index (κ2) is 12.0. The maximum absolute atomic E-state index is 13.5. The molecule has 1 saturated heterocycles. The molecule has 39 heavy (non-hydrogen) atoms. The third kappa shape index (κ3) is 5.54. The Bertz CT molecular complexity index is 1210. The molecular formula is C30H39N3O6. The Kier molecular flexibility index (Phi) is 8.70. The zero-order chi connectivity index (χ0) is 28.2. The summed E-state index contributed by atoms with van der Waals surface area (Å²) in [5, 5.41) is 3.69. The van der Waals surface area contributed by atoms with Crippen molar-refractivity contribution in [2.75, 3.05) is 48.1 Å². The summed E-state index contributed by atoms with van der Waals surface area (Å²) in [7, 11) is 6.41. The third-order valence-corrected chi connectivity index (χ3v) is 7.81. The van der Waals surface area contributed by atoms with Crippen molar-refractivity contribution in [3.8, 4) is 23.0 Å². The largest absolute Gasteiger partial charge is 0.497 e. The average Bonchev–Trinajstić information content (AvgIpc) is 3.12. The molecule has 0 aliphatic carbocycles. The van der Waals surface area contributed by atoms with Crippen molar-refractivity contribution >= 4 is 12.3 Å². The molecule has 1 fully saturated rings. The van der Waals surface area contributed by atoms with Crippen LogP contribution in [-0.4, -0.2) is 75.7 Å². The van der Waals surface area contributed by atoms with Crippen molar-refractivity contribution in [3.63, 3.8) is 0 Å². The minimum Gasteiger partial charge on any atom is -0.497 e. The number of nitrogens with one attached hydrogen (secondary N) is 1. The zero-order valence-electron chi connectivity index (χ0n) is 23.7. The molecule has 0 bridgehead atoms. The van der Waals surface area contributed by atoms with E-state index in [-0.39, 0.29) is 11.8 Å². The second-order valence-electron chi connectivity index (χ2n) is 9.98. The minimum absolute atomic E-state index is 0.000229. The number of fused-ring (bicyclic) bond motifs is 1. The standard InChI is InChI=1S/C30H39N3O6/c1-7-31-30(8-10-32(11-9-30)29(35)21-13-23(36-3)16-24(14-21)37-4)27-12-20(2)28-22(18-33(27)19-34)15-25(38-5)17-26(28)39-6/h12-17,19-20,31H,7-11,18H2,1-6H3/t20-/m0/s1. The molecule has 0 aromatic heterocycles. The number of likely N-dealkylation sites (tertiary alicyclic amines) is 1. The van der Waals surface area contributed by atoms with Gasteiger partial charge in [-0.1, -0.05) is 19.9 Å². The van der Waals surface area contributed by atoms with Crippen molar-refractivity contribution in [3.05, 3.63) is 58.8 Å². The molecule has 0 unspecified atom stereocenters. The third-order valence-electron chi connectivity index (χ3n) is 7.81. The summed E-state index contributed by atoms with van der Waals surface area (Å²) >= 11 is 0. The van der Waals surface area contributed by atoms with Crippen molar-refractivity contribution in [2.24, 2.45) is 0 Å². The topological polar surface area (TPSA) is 89.6 Å². The lowest BCUT2D eigenvalue weighted by Gasteiger charge is -2.46. The number of likely N-dealkylation sites (N-methyl/N-ethyl adjacent to an activating group) is 1. The van der Waals surface area contributed by atoms with Gasteiger partial charge in [-0.3, -0.25) is 9.59 Å². The molecule has 2 heterocycles. The summed E-state index contributed by atoms with van der Waals surface area (Å²) in [4.78, 5) is 29.6. The number of carbonyl (C=O) groups is 2. The number of amides is 2. The molecule has 2 aliphatic rings. The summed E-state index contributed by atoms with van der Waals surface area (Å²) in [5.74, 6) is 2.50. The van der Waals surface area contributed by atoms with E-state index >= 15 is 0 Å². The van der Waals surface area contributed by atoms with Gasteiger partial charge >= 0.3 is 0 Å². The van der Waals surface area contributed by atoms with Crippen molar-refractivity contribution in [1.82, 2.24) is 15.1 Å². The van der Waals surface area contributed by atoms with Crippen LogP contribution in [0.15, 0.2) is 42.1 Å². The molecule has 1 N–H and O–H groups in total. The molecule has 4 rings (SSSR count). The van der Waals surface area contributed by atoms with E-state index < -0.39 is 5.54 Å². The molecular weight excluding hydrogens is 498 g/mol. The lowest BCUT2D eigenvalue weighted by atomic mass is 9.81. The van der Waals surface area contributed by atoms with Gasteiger partial charge < -0.3 is 34.1 Å². The van der Waals surface area contributed by atoms with Crippen molar-refractivity contribution < 1.29 is 28.5 Å². The van der Waals surface area contributed by atoms with Crippen LogP contribution in [0, 0.1) is 0 Å². The molecule has 9 heteroatoms. The van der Waals surface area contributed by atoms with Crippen LogP contribution >= 0.6 is 0 Å².